The first-order valence-corrected chi connectivity index (χ1v) is 6.74. The second-order valence-corrected chi connectivity index (χ2v) is 5.51. The van der Waals surface area contributed by atoms with Gasteiger partial charge >= 0.3 is 0 Å². The summed E-state index contributed by atoms with van der Waals surface area (Å²) in [5, 5.41) is 14.1. The van der Waals surface area contributed by atoms with E-state index in [1.807, 2.05) is 32.4 Å². The number of nitrogens with one attached hydrogen (secondary N) is 2. The van der Waals surface area contributed by atoms with E-state index < -0.39 is 0 Å². The zero-order valence-corrected chi connectivity index (χ0v) is 12.5. The van der Waals surface area contributed by atoms with Gasteiger partial charge in [0.2, 0.25) is 5.91 Å². The number of aryl methyl sites for hydroxylation is 1. The topological polar surface area (TPSA) is 71.8 Å². The Kier molecular flexibility index (Phi) is 5.47. The fourth-order valence-electron chi connectivity index (χ4n) is 1.56. The number of rotatable bonds is 7. The molecule has 2 N–H and O–H groups in total. The maximum absolute atomic E-state index is 12.0. The molecule has 0 aliphatic heterocycles. The van der Waals surface area contributed by atoms with E-state index in [0.29, 0.717) is 6.54 Å². The van der Waals surface area contributed by atoms with Crippen LogP contribution in [0.2, 0.25) is 0 Å². The fraction of sp³-hybridized carbons (Fsp3) is 0.769. The summed E-state index contributed by atoms with van der Waals surface area (Å²) in [5.41, 5.74) is -0.156. The lowest BCUT2D eigenvalue weighted by Crippen LogP contribution is -2.51. The van der Waals surface area contributed by atoms with Gasteiger partial charge < -0.3 is 15.2 Å². The molecule has 6 nitrogen and oxygen atoms in total. The summed E-state index contributed by atoms with van der Waals surface area (Å²) in [4.78, 5) is 12.0. The van der Waals surface area contributed by atoms with Crippen molar-refractivity contribution in [2.45, 2.75) is 52.1 Å². The van der Waals surface area contributed by atoms with Crippen molar-refractivity contribution in [3.8, 4) is 0 Å². The maximum Gasteiger partial charge on any atom is 0.237 e. The van der Waals surface area contributed by atoms with Crippen LogP contribution in [0.5, 0.6) is 0 Å². The lowest BCUT2D eigenvalue weighted by molar-refractivity contribution is -0.124. The van der Waals surface area contributed by atoms with Gasteiger partial charge in [-0.3, -0.25) is 4.79 Å². The lowest BCUT2D eigenvalue weighted by atomic mass is 10.0. The molecule has 0 aromatic carbocycles. The van der Waals surface area contributed by atoms with Gasteiger partial charge in [0.15, 0.2) is 0 Å². The molecule has 1 aromatic heterocycles. The standard InChI is InChI=1S/C13H25N5O/c1-6-13(3,4)16-12(19)10(2)14-8-7-11-17-15-9-18(11)5/h9-10,14H,6-8H2,1-5H3,(H,16,19). The molecular weight excluding hydrogens is 242 g/mol. The van der Waals surface area contributed by atoms with E-state index in [9.17, 15) is 4.79 Å². The van der Waals surface area contributed by atoms with Gasteiger partial charge in [-0.1, -0.05) is 6.92 Å². The summed E-state index contributed by atoms with van der Waals surface area (Å²) >= 11 is 0. The van der Waals surface area contributed by atoms with Crippen LogP contribution < -0.4 is 10.6 Å². The Morgan fingerprint density at radius 3 is 2.74 bits per heavy atom. The maximum atomic E-state index is 12.0. The second-order valence-electron chi connectivity index (χ2n) is 5.51. The van der Waals surface area contributed by atoms with Crippen LogP contribution in [0, 0.1) is 0 Å². The van der Waals surface area contributed by atoms with E-state index in [-0.39, 0.29) is 17.5 Å². The Morgan fingerprint density at radius 2 is 2.21 bits per heavy atom. The minimum atomic E-state index is -0.209. The fourth-order valence-corrected chi connectivity index (χ4v) is 1.56. The average Bonchev–Trinajstić information content (AvgIpc) is 2.74. The van der Waals surface area contributed by atoms with Crippen LogP contribution in [0.3, 0.4) is 0 Å². The molecule has 1 aromatic rings. The molecule has 0 fully saturated rings. The third-order valence-corrected chi connectivity index (χ3v) is 3.34. The Bertz CT molecular complexity index is 413. The van der Waals surface area contributed by atoms with Crippen LogP contribution >= 0.6 is 0 Å². The Hall–Kier alpha value is -1.43. The van der Waals surface area contributed by atoms with Crippen LogP contribution in [0.15, 0.2) is 6.33 Å². The molecule has 0 radical (unpaired) electrons. The first-order chi connectivity index (χ1) is 8.85. The van der Waals surface area contributed by atoms with Crippen molar-refractivity contribution >= 4 is 5.91 Å². The van der Waals surface area contributed by atoms with Crippen LogP contribution in [-0.2, 0) is 18.3 Å². The number of hydrogen-bond donors (Lipinski definition) is 2. The smallest absolute Gasteiger partial charge is 0.237 e. The zero-order chi connectivity index (χ0) is 14.5. The SMILES string of the molecule is CCC(C)(C)NC(=O)C(C)NCCc1nncn1C. The molecule has 1 rings (SSSR count). The Balaban J connectivity index is 2.33. The normalized spacial score (nSPS) is 13.3. The number of amides is 1. The highest BCUT2D eigenvalue weighted by molar-refractivity contribution is 5.81. The van der Waals surface area contributed by atoms with E-state index in [4.69, 9.17) is 0 Å². The number of hydrogen-bond acceptors (Lipinski definition) is 4. The van der Waals surface area contributed by atoms with Gasteiger partial charge in [-0.2, -0.15) is 0 Å². The van der Waals surface area contributed by atoms with Gasteiger partial charge in [0.05, 0.1) is 6.04 Å². The Morgan fingerprint density at radius 1 is 1.53 bits per heavy atom. The number of carbonyl (C=O) groups is 1. The van der Waals surface area contributed by atoms with Gasteiger partial charge in [0.25, 0.3) is 0 Å². The molecule has 0 saturated carbocycles. The number of aromatic nitrogens is 3. The van der Waals surface area contributed by atoms with Gasteiger partial charge in [-0.05, 0) is 27.2 Å². The Labute approximate surface area is 115 Å². The first kappa shape index (κ1) is 15.6. The predicted molar refractivity (Wildman–Crippen MR) is 74.7 cm³/mol. The highest BCUT2D eigenvalue weighted by Crippen LogP contribution is 2.06. The molecule has 1 heterocycles. The van der Waals surface area contributed by atoms with E-state index in [0.717, 1.165) is 18.7 Å². The molecule has 1 amide bonds. The van der Waals surface area contributed by atoms with Crippen molar-refractivity contribution in [3.05, 3.63) is 12.2 Å². The second kappa shape index (κ2) is 6.65. The largest absolute Gasteiger partial charge is 0.350 e. The molecule has 6 heteroatoms. The van der Waals surface area contributed by atoms with E-state index >= 15 is 0 Å². The summed E-state index contributed by atoms with van der Waals surface area (Å²) in [6, 6.07) is -0.209. The summed E-state index contributed by atoms with van der Waals surface area (Å²) in [6.07, 6.45) is 3.34. The van der Waals surface area contributed by atoms with E-state index in [1.54, 1.807) is 6.33 Å². The van der Waals surface area contributed by atoms with E-state index in [1.165, 1.54) is 0 Å². The summed E-state index contributed by atoms with van der Waals surface area (Å²) in [7, 11) is 1.91. The monoisotopic (exact) mass is 267 g/mol. The molecule has 0 spiro atoms. The van der Waals surface area contributed by atoms with Gasteiger partial charge in [-0.25, -0.2) is 0 Å². The quantitative estimate of drug-likeness (QED) is 0.760. The molecule has 0 aliphatic carbocycles. The van der Waals surface area contributed by atoms with Crippen LogP contribution in [0.25, 0.3) is 0 Å². The first-order valence-electron chi connectivity index (χ1n) is 6.74. The van der Waals surface area contributed by atoms with Crippen molar-refractivity contribution in [2.75, 3.05) is 6.54 Å². The predicted octanol–water partition coefficient (Wildman–Crippen LogP) is 0.641. The van der Waals surface area contributed by atoms with Crippen molar-refractivity contribution in [1.82, 2.24) is 25.4 Å². The van der Waals surface area contributed by atoms with Crippen LogP contribution in [-0.4, -0.2) is 38.8 Å². The lowest BCUT2D eigenvalue weighted by Gasteiger charge is -2.26. The van der Waals surface area contributed by atoms with Crippen molar-refractivity contribution in [1.29, 1.82) is 0 Å². The highest BCUT2D eigenvalue weighted by atomic mass is 16.2. The minimum Gasteiger partial charge on any atom is -0.350 e. The molecule has 0 bridgehead atoms. The van der Waals surface area contributed by atoms with Gasteiger partial charge in [-0.15, -0.1) is 10.2 Å². The average molecular weight is 267 g/mol. The molecule has 0 aliphatic rings. The third kappa shape index (κ3) is 4.98. The molecule has 0 saturated heterocycles. The third-order valence-electron chi connectivity index (χ3n) is 3.34. The zero-order valence-electron chi connectivity index (χ0n) is 12.5. The molecule has 108 valence electrons. The molecule has 1 unspecified atom stereocenters. The van der Waals surface area contributed by atoms with Crippen molar-refractivity contribution < 1.29 is 4.79 Å². The van der Waals surface area contributed by atoms with E-state index in [2.05, 4.69) is 27.8 Å². The van der Waals surface area contributed by atoms with Gasteiger partial charge in [0.1, 0.15) is 12.2 Å². The molecular formula is C13H25N5O. The molecule has 19 heavy (non-hydrogen) atoms. The number of nitrogens with zero attached hydrogens (tertiary/aromatic N) is 3. The summed E-state index contributed by atoms with van der Waals surface area (Å²) in [6.45, 7) is 8.69. The summed E-state index contributed by atoms with van der Waals surface area (Å²) in [5.74, 6) is 0.943. The highest BCUT2D eigenvalue weighted by Gasteiger charge is 2.21. The van der Waals surface area contributed by atoms with Crippen LogP contribution in [0.1, 0.15) is 39.9 Å². The van der Waals surface area contributed by atoms with Crippen molar-refractivity contribution in [2.24, 2.45) is 7.05 Å². The van der Waals surface area contributed by atoms with Crippen LogP contribution in [0.4, 0.5) is 0 Å². The summed E-state index contributed by atoms with van der Waals surface area (Å²) < 4.78 is 1.88. The van der Waals surface area contributed by atoms with Crippen molar-refractivity contribution in [3.63, 3.8) is 0 Å². The van der Waals surface area contributed by atoms with Gasteiger partial charge in [0, 0.05) is 25.6 Å². The number of carbonyl (C=O) groups excluding carboxylic acids is 1. The molecule has 1 atom stereocenters. The minimum absolute atomic E-state index is 0.0322.